The lowest BCUT2D eigenvalue weighted by Crippen LogP contribution is -2.41. The molecule has 1 atom stereocenters. The highest BCUT2D eigenvalue weighted by atomic mass is 79.9. The Morgan fingerprint density at radius 2 is 2.12 bits per heavy atom. The van der Waals surface area contributed by atoms with E-state index in [4.69, 9.17) is 0 Å². The molecule has 0 bridgehead atoms. The summed E-state index contributed by atoms with van der Waals surface area (Å²) in [7, 11) is 0. The summed E-state index contributed by atoms with van der Waals surface area (Å²) in [6, 6.07) is 5.39. The fraction of sp³-hybridized carbons (Fsp3) is 0.273. The molecule has 4 nitrogen and oxygen atoms in total. The molecule has 2 N–H and O–H groups in total. The average molecular weight is 281 g/mol. The second-order valence-electron chi connectivity index (χ2n) is 4.12. The highest BCUT2D eigenvalue weighted by molar-refractivity contribution is 9.10. The van der Waals surface area contributed by atoms with Crippen molar-refractivity contribution in [2.75, 3.05) is 0 Å². The summed E-state index contributed by atoms with van der Waals surface area (Å²) in [4.78, 5) is 23.1. The van der Waals surface area contributed by atoms with E-state index >= 15 is 0 Å². The first-order chi connectivity index (χ1) is 7.62. The van der Waals surface area contributed by atoms with E-state index in [0.29, 0.717) is 6.42 Å². The van der Waals surface area contributed by atoms with Crippen molar-refractivity contribution in [2.45, 2.75) is 18.4 Å². The van der Waals surface area contributed by atoms with E-state index < -0.39 is 11.6 Å². The first-order valence-electron chi connectivity index (χ1n) is 5.04. The first-order valence-corrected chi connectivity index (χ1v) is 5.84. The van der Waals surface area contributed by atoms with Gasteiger partial charge in [0.05, 0.1) is 0 Å². The Labute approximate surface area is 101 Å². The maximum atomic E-state index is 11.9. The summed E-state index contributed by atoms with van der Waals surface area (Å²) in [5.74, 6) is -0.237. The van der Waals surface area contributed by atoms with Gasteiger partial charge in [-0.3, -0.25) is 10.1 Å². The lowest BCUT2D eigenvalue weighted by atomic mass is 9.92. The summed E-state index contributed by atoms with van der Waals surface area (Å²) < 4.78 is 0.994. The number of halogens is 1. The van der Waals surface area contributed by atoms with Crippen molar-refractivity contribution in [3.63, 3.8) is 0 Å². The van der Waals surface area contributed by atoms with Crippen LogP contribution in [0.4, 0.5) is 4.79 Å². The molecule has 1 aromatic carbocycles. The highest BCUT2D eigenvalue weighted by Crippen LogP contribution is 2.39. The predicted octanol–water partition coefficient (Wildman–Crippen LogP) is 1.43. The average Bonchev–Trinajstić information content (AvgIpc) is 2.70. The number of fused-ring (bicyclic) bond motifs is 2. The van der Waals surface area contributed by atoms with Crippen molar-refractivity contribution >= 4 is 27.9 Å². The number of hydrogen-bond donors (Lipinski definition) is 2. The van der Waals surface area contributed by atoms with Gasteiger partial charge in [-0.15, -0.1) is 0 Å². The molecule has 3 rings (SSSR count). The number of amides is 3. The van der Waals surface area contributed by atoms with Crippen LogP contribution in [0.5, 0.6) is 0 Å². The summed E-state index contributed by atoms with van der Waals surface area (Å²) in [5.41, 5.74) is 1.21. The Morgan fingerprint density at radius 3 is 2.81 bits per heavy atom. The summed E-state index contributed by atoms with van der Waals surface area (Å²) in [5, 5.41) is 5.04. The monoisotopic (exact) mass is 280 g/mol. The third-order valence-corrected chi connectivity index (χ3v) is 3.73. The van der Waals surface area contributed by atoms with Gasteiger partial charge in [0.1, 0.15) is 5.54 Å². The Morgan fingerprint density at radius 1 is 1.31 bits per heavy atom. The SMILES string of the molecule is O=C1NC(=O)[C@]2(CCc3cc(Br)ccc32)N1. The molecule has 3 amide bonds. The van der Waals surface area contributed by atoms with Gasteiger partial charge in [-0.05, 0) is 36.1 Å². The number of carbonyl (C=O) groups is 2. The fourth-order valence-electron chi connectivity index (χ4n) is 2.50. The molecule has 5 heteroatoms. The van der Waals surface area contributed by atoms with Crippen molar-refractivity contribution in [1.29, 1.82) is 0 Å². The zero-order chi connectivity index (χ0) is 11.3. The molecule has 82 valence electrons. The topological polar surface area (TPSA) is 58.2 Å². The lowest BCUT2D eigenvalue weighted by Gasteiger charge is -2.20. The molecule has 0 radical (unpaired) electrons. The normalized spacial score (nSPS) is 26.8. The molecule has 1 aliphatic heterocycles. The minimum absolute atomic E-state index is 0.237. The van der Waals surface area contributed by atoms with Gasteiger partial charge < -0.3 is 5.32 Å². The van der Waals surface area contributed by atoms with E-state index in [1.807, 2.05) is 18.2 Å². The van der Waals surface area contributed by atoms with Crippen LogP contribution in [-0.4, -0.2) is 11.9 Å². The molecule has 0 saturated carbocycles. The number of aryl methyl sites for hydroxylation is 1. The van der Waals surface area contributed by atoms with Crippen LogP contribution < -0.4 is 10.6 Å². The maximum Gasteiger partial charge on any atom is 0.322 e. The molecule has 1 aromatic rings. The van der Waals surface area contributed by atoms with E-state index in [0.717, 1.165) is 22.0 Å². The molecule has 1 fully saturated rings. The van der Waals surface area contributed by atoms with Gasteiger partial charge in [0.25, 0.3) is 5.91 Å². The minimum Gasteiger partial charge on any atom is -0.319 e. The zero-order valence-electron chi connectivity index (χ0n) is 8.34. The van der Waals surface area contributed by atoms with E-state index in [9.17, 15) is 9.59 Å². The summed E-state index contributed by atoms with van der Waals surface area (Å²) in [6.07, 6.45) is 1.44. The third-order valence-electron chi connectivity index (χ3n) is 3.24. The van der Waals surface area contributed by atoms with Crippen LogP contribution in [0.3, 0.4) is 0 Å². The van der Waals surface area contributed by atoms with Crippen molar-refractivity contribution < 1.29 is 9.59 Å². The van der Waals surface area contributed by atoms with Gasteiger partial charge in [-0.25, -0.2) is 4.79 Å². The van der Waals surface area contributed by atoms with Crippen LogP contribution in [0, 0.1) is 0 Å². The standard InChI is InChI=1S/C11H9BrN2O2/c12-7-1-2-8-6(5-7)3-4-11(8)9(15)13-10(16)14-11/h1-2,5H,3-4H2,(H2,13,14,15,16)/t11-/m1/s1. The van der Waals surface area contributed by atoms with Crippen molar-refractivity contribution in [3.8, 4) is 0 Å². The minimum atomic E-state index is -0.826. The molecule has 0 unspecified atom stereocenters. The number of urea groups is 1. The van der Waals surface area contributed by atoms with Gasteiger partial charge in [0, 0.05) is 4.47 Å². The molecule has 1 heterocycles. The lowest BCUT2D eigenvalue weighted by molar-refractivity contribution is -0.124. The Hall–Kier alpha value is -1.36. The van der Waals surface area contributed by atoms with Gasteiger partial charge in [0.15, 0.2) is 0 Å². The van der Waals surface area contributed by atoms with Crippen LogP contribution in [0.25, 0.3) is 0 Å². The zero-order valence-corrected chi connectivity index (χ0v) is 9.93. The number of imide groups is 1. The first kappa shape index (κ1) is 9.84. The molecule has 1 spiro atoms. The van der Waals surface area contributed by atoms with Crippen molar-refractivity contribution in [3.05, 3.63) is 33.8 Å². The highest BCUT2D eigenvalue weighted by Gasteiger charge is 2.51. The van der Waals surface area contributed by atoms with E-state index in [1.165, 1.54) is 0 Å². The second kappa shape index (κ2) is 3.07. The number of rotatable bonds is 0. The Bertz CT molecular complexity index is 515. The van der Waals surface area contributed by atoms with Gasteiger partial charge in [-0.1, -0.05) is 22.0 Å². The molecule has 1 aliphatic carbocycles. The second-order valence-corrected chi connectivity index (χ2v) is 5.03. The summed E-state index contributed by atoms with van der Waals surface area (Å²) >= 11 is 3.40. The molecular weight excluding hydrogens is 272 g/mol. The van der Waals surface area contributed by atoms with Gasteiger partial charge >= 0.3 is 6.03 Å². The van der Waals surface area contributed by atoms with Crippen LogP contribution in [0.2, 0.25) is 0 Å². The number of carbonyl (C=O) groups excluding carboxylic acids is 2. The van der Waals surface area contributed by atoms with Crippen LogP contribution in [0.1, 0.15) is 17.5 Å². The smallest absolute Gasteiger partial charge is 0.319 e. The van der Waals surface area contributed by atoms with E-state index in [1.54, 1.807) is 0 Å². The predicted molar refractivity (Wildman–Crippen MR) is 60.8 cm³/mol. The molecular formula is C11H9BrN2O2. The third kappa shape index (κ3) is 1.15. The Kier molecular flexibility index (Phi) is 1.89. The number of hydrogen-bond acceptors (Lipinski definition) is 2. The van der Waals surface area contributed by atoms with Crippen LogP contribution in [0.15, 0.2) is 22.7 Å². The van der Waals surface area contributed by atoms with E-state index in [2.05, 4.69) is 26.6 Å². The van der Waals surface area contributed by atoms with Crippen molar-refractivity contribution in [1.82, 2.24) is 10.6 Å². The Balaban J connectivity index is 2.15. The van der Waals surface area contributed by atoms with Crippen molar-refractivity contribution in [2.24, 2.45) is 0 Å². The molecule has 2 aliphatic rings. The fourth-order valence-corrected chi connectivity index (χ4v) is 2.91. The van der Waals surface area contributed by atoms with Crippen LogP contribution in [-0.2, 0) is 16.8 Å². The number of benzene rings is 1. The largest absolute Gasteiger partial charge is 0.322 e. The molecule has 1 saturated heterocycles. The number of nitrogens with one attached hydrogen (secondary N) is 2. The quantitative estimate of drug-likeness (QED) is 0.707. The van der Waals surface area contributed by atoms with Gasteiger partial charge in [0.2, 0.25) is 0 Å². The van der Waals surface area contributed by atoms with Crippen LogP contribution >= 0.6 is 15.9 Å². The van der Waals surface area contributed by atoms with E-state index in [-0.39, 0.29) is 5.91 Å². The molecule has 16 heavy (non-hydrogen) atoms. The summed E-state index contributed by atoms with van der Waals surface area (Å²) in [6.45, 7) is 0. The van der Waals surface area contributed by atoms with Gasteiger partial charge in [-0.2, -0.15) is 0 Å². The molecule has 0 aromatic heterocycles. The maximum absolute atomic E-state index is 11.9.